The molecule has 2 rings (SSSR count). The van der Waals surface area contributed by atoms with E-state index in [1.807, 2.05) is 12.1 Å². The van der Waals surface area contributed by atoms with Gasteiger partial charge < -0.3 is 19.4 Å². The second kappa shape index (κ2) is 9.70. The molecule has 1 aromatic rings. The SMILES string of the molecule is CN=C(NCCc1ccco1)N1CCC(C(=O)OC)CC1.I. The quantitative estimate of drug-likeness (QED) is 0.348. The largest absolute Gasteiger partial charge is 0.469 e. The van der Waals surface area contributed by atoms with E-state index in [4.69, 9.17) is 9.15 Å². The minimum absolute atomic E-state index is 0. The van der Waals surface area contributed by atoms with Gasteiger partial charge in [-0.25, -0.2) is 0 Å². The number of hydrogen-bond donors (Lipinski definition) is 1. The molecule has 0 radical (unpaired) electrons. The fourth-order valence-corrected chi connectivity index (χ4v) is 2.58. The number of piperidine rings is 1. The zero-order valence-electron chi connectivity index (χ0n) is 13.1. The normalized spacial score (nSPS) is 16.1. The fraction of sp³-hybridized carbons (Fsp3) is 0.600. The number of hydrogen-bond acceptors (Lipinski definition) is 4. The van der Waals surface area contributed by atoms with E-state index in [2.05, 4.69) is 15.2 Å². The first-order valence-electron chi connectivity index (χ1n) is 7.30. The van der Waals surface area contributed by atoms with Crippen LogP contribution < -0.4 is 5.32 Å². The minimum Gasteiger partial charge on any atom is -0.469 e. The molecule has 1 fully saturated rings. The van der Waals surface area contributed by atoms with Crippen LogP contribution in [0.5, 0.6) is 0 Å². The number of nitrogens with one attached hydrogen (secondary N) is 1. The molecule has 0 aliphatic carbocycles. The molecule has 2 heterocycles. The molecule has 0 aromatic carbocycles. The Balaban J connectivity index is 0.00000242. The number of aliphatic imine (C=N–C) groups is 1. The Hall–Kier alpha value is -1.25. The van der Waals surface area contributed by atoms with Gasteiger partial charge in [0, 0.05) is 33.1 Å². The van der Waals surface area contributed by atoms with Crippen LogP contribution in [0.25, 0.3) is 0 Å². The van der Waals surface area contributed by atoms with Crippen LogP contribution in [-0.4, -0.2) is 50.6 Å². The van der Waals surface area contributed by atoms with Crippen molar-refractivity contribution in [2.24, 2.45) is 10.9 Å². The van der Waals surface area contributed by atoms with Crippen LogP contribution in [0.3, 0.4) is 0 Å². The Morgan fingerprint density at radius 1 is 1.50 bits per heavy atom. The number of halogens is 1. The van der Waals surface area contributed by atoms with Crippen molar-refractivity contribution < 1.29 is 13.9 Å². The number of carbonyl (C=O) groups excluding carboxylic acids is 1. The van der Waals surface area contributed by atoms with Crippen molar-refractivity contribution >= 4 is 35.9 Å². The van der Waals surface area contributed by atoms with Crippen LogP contribution in [0.1, 0.15) is 18.6 Å². The first-order chi connectivity index (χ1) is 10.2. The highest BCUT2D eigenvalue weighted by Crippen LogP contribution is 2.18. The summed E-state index contributed by atoms with van der Waals surface area (Å²) < 4.78 is 10.1. The first-order valence-corrected chi connectivity index (χ1v) is 7.30. The standard InChI is InChI=1S/C15H23N3O3.HI/c1-16-15(17-8-5-13-4-3-11-21-13)18-9-6-12(7-10-18)14(19)20-2;/h3-4,11-12H,5-10H2,1-2H3,(H,16,17);1H. The van der Waals surface area contributed by atoms with Crippen LogP contribution in [0.2, 0.25) is 0 Å². The van der Waals surface area contributed by atoms with Gasteiger partial charge in [-0.1, -0.05) is 0 Å². The number of rotatable bonds is 4. The number of guanidine groups is 1. The molecule has 1 aliphatic heterocycles. The highest BCUT2D eigenvalue weighted by molar-refractivity contribution is 14.0. The van der Waals surface area contributed by atoms with E-state index in [1.165, 1.54) is 7.11 Å². The molecular weight excluding hydrogens is 397 g/mol. The van der Waals surface area contributed by atoms with Gasteiger partial charge in [0.25, 0.3) is 0 Å². The van der Waals surface area contributed by atoms with E-state index in [9.17, 15) is 4.79 Å². The van der Waals surface area contributed by atoms with Crippen molar-refractivity contribution in [1.82, 2.24) is 10.2 Å². The fourth-order valence-electron chi connectivity index (χ4n) is 2.58. The lowest BCUT2D eigenvalue weighted by Gasteiger charge is -2.33. The summed E-state index contributed by atoms with van der Waals surface area (Å²) in [6.45, 7) is 2.41. The second-order valence-electron chi connectivity index (χ2n) is 5.09. The predicted molar refractivity (Wildman–Crippen MR) is 95.5 cm³/mol. The van der Waals surface area contributed by atoms with Crippen molar-refractivity contribution in [3.63, 3.8) is 0 Å². The van der Waals surface area contributed by atoms with Gasteiger partial charge >= 0.3 is 5.97 Å². The number of methoxy groups -OCH3 is 1. The minimum atomic E-state index is -0.101. The Labute approximate surface area is 148 Å². The Bertz CT molecular complexity index is 468. The van der Waals surface area contributed by atoms with Gasteiger partial charge in [-0.2, -0.15) is 0 Å². The first kappa shape index (κ1) is 18.8. The highest BCUT2D eigenvalue weighted by atomic mass is 127. The maximum atomic E-state index is 11.5. The Morgan fingerprint density at radius 3 is 2.77 bits per heavy atom. The van der Waals surface area contributed by atoms with Crippen molar-refractivity contribution in [3.8, 4) is 0 Å². The van der Waals surface area contributed by atoms with Crippen molar-refractivity contribution in [2.45, 2.75) is 19.3 Å². The highest BCUT2D eigenvalue weighted by Gasteiger charge is 2.26. The summed E-state index contributed by atoms with van der Waals surface area (Å²) in [6, 6.07) is 3.86. The number of likely N-dealkylation sites (tertiary alicyclic amines) is 1. The van der Waals surface area contributed by atoms with E-state index in [0.29, 0.717) is 0 Å². The average Bonchev–Trinajstić information content (AvgIpc) is 3.04. The molecule has 0 unspecified atom stereocenters. The molecule has 0 spiro atoms. The molecule has 22 heavy (non-hydrogen) atoms. The molecule has 1 N–H and O–H groups in total. The third-order valence-electron chi connectivity index (χ3n) is 3.78. The van der Waals surface area contributed by atoms with Crippen molar-refractivity contribution in [3.05, 3.63) is 24.2 Å². The summed E-state index contributed by atoms with van der Waals surface area (Å²) in [5, 5.41) is 3.34. The van der Waals surface area contributed by atoms with E-state index in [1.54, 1.807) is 13.3 Å². The van der Waals surface area contributed by atoms with Crippen LogP contribution in [-0.2, 0) is 16.0 Å². The zero-order valence-corrected chi connectivity index (χ0v) is 15.4. The molecule has 0 amide bonds. The predicted octanol–water partition coefficient (Wildman–Crippen LogP) is 1.90. The number of esters is 1. The molecule has 1 saturated heterocycles. The Kier molecular flexibility index (Phi) is 8.29. The monoisotopic (exact) mass is 421 g/mol. The zero-order chi connectivity index (χ0) is 15.1. The van der Waals surface area contributed by atoms with Gasteiger partial charge in [0.2, 0.25) is 0 Å². The summed E-state index contributed by atoms with van der Waals surface area (Å²) in [5.41, 5.74) is 0. The lowest BCUT2D eigenvalue weighted by molar-refractivity contribution is -0.146. The van der Waals surface area contributed by atoms with Gasteiger partial charge in [0.15, 0.2) is 5.96 Å². The summed E-state index contributed by atoms with van der Waals surface area (Å²) in [6.07, 6.45) is 4.13. The molecule has 0 saturated carbocycles. The maximum absolute atomic E-state index is 11.5. The van der Waals surface area contributed by atoms with Gasteiger partial charge in [-0.15, -0.1) is 24.0 Å². The van der Waals surface area contributed by atoms with E-state index >= 15 is 0 Å². The Morgan fingerprint density at radius 2 is 2.23 bits per heavy atom. The molecule has 1 aliphatic rings. The van der Waals surface area contributed by atoms with Crippen LogP contribution >= 0.6 is 24.0 Å². The van der Waals surface area contributed by atoms with E-state index in [0.717, 1.165) is 50.6 Å². The van der Waals surface area contributed by atoms with E-state index in [-0.39, 0.29) is 35.9 Å². The molecule has 6 nitrogen and oxygen atoms in total. The topological polar surface area (TPSA) is 67.1 Å². The molecule has 124 valence electrons. The van der Waals surface area contributed by atoms with Crippen LogP contribution in [0, 0.1) is 5.92 Å². The van der Waals surface area contributed by atoms with Crippen molar-refractivity contribution in [1.29, 1.82) is 0 Å². The van der Waals surface area contributed by atoms with Gasteiger partial charge in [-0.05, 0) is 25.0 Å². The van der Waals surface area contributed by atoms with E-state index < -0.39 is 0 Å². The van der Waals surface area contributed by atoms with Crippen molar-refractivity contribution in [2.75, 3.05) is 33.8 Å². The molecule has 0 bridgehead atoms. The smallest absolute Gasteiger partial charge is 0.308 e. The number of nitrogens with zero attached hydrogens (tertiary/aromatic N) is 2. The summed E-state index contributed by atoms with van der Waals surface area (Å²) in [5.74, 6) is 1.76. The van der Waals surface area contributed by atoms with Gasteiger partial charge in [-0.3, -0.25) is 9.79 Å². The third-order valence-corrected chi connectivity index (χ3v) is 3.78. The molecule has 7 heteroatoms. The average molecular weight is 421 g/mol. The number of ether oxygens (including phenoxy) is 1. The van der Waals surface area contributed by atoms with Crippen LogP contribution in [0.4, 0.5) is 0 Å². The summed E-state index contributed by atoms with van der Waals surface area (Å²) in [4.78, 5) is 18.0. The lowest BCUT2D eigenvalue weighted by atomic mass is 9.97. The molecule has 1 aromatic heterocycles. The summed E-state index contributed by atoms with van der Waals surface area (Å²) >= 11 is 0. The maximum Gasteiger partial charge on any atom is 0.308 e. The summed E-state index contributed by atoms with van der Waals surface area (Å²) in [7, 11) is 3.23. The third kappa shape index (κ3) is 5.19. The lowest BCUT2D eigenvalue weighted by Crippen LogP contribution is -2.47. The number of carbonyl (C=O) groups is 1. The van der Waals surface area contributed by atoms with Crippen LogP contribution in [0.15, 0.2) is 27.8 Å². The molecule has 0 atom stereocenters. The number of furan rings is 1. The molecular formula is C15H24IN3O3. The second-order valence-corrected chi connectivity index (χ2v) is 5.09. The van der Waals surface area contributed by atoms with Gasteiger partial charge in [0.05, 0.1) is 19.3 Å². The van der Waals surface area contributed by atoms with Gasteiger partial charge in [0.1, 0.15) is 5.76 Å².